The number of hydrogen-bond donors (Lipinski definition) is 0. The van der Waals surface area contributed by atoms with E-state index in [9.17, 15) is 10.0 Å². The van der Waals surface area contributed by atoms with Gasteiger partial charge in [0.2, 0.25) is 0 Å². The molecule has 1 saturated heterocycles. The summed E-state index contributed by atoms with van der Waals surface area (Å²) in [5.41, 5.74) is 2.25. The predicted molar refractivity (Wildman–Crippen MR) is 148 cm³/mol. The SMILES string of the molecule is COc1ccc(CN2CC=C[N+]([O-])(c3cncc4c(N5CCC(C(OC)OC)CC5)cccc34)C2=O)cc1. The molecule has 9 nitrogen and oxygen atoms in total. The lowest BCUT2D eigenvalue weighted by molar-refractivity contribution is -0.141. The molecular formula is C29H34N4O5. The third-order valence-electron chi connectivity index (χ3n) is 7.58. The molecule has 5 rings (SSSR count). The number of hydroxylamine groups is 2. The van der Waals surface area contributed by atoms with E-state index in [1.807, 2.05) is 36.4 Å². The number of rotatable bonds is 8. The second kappa shape index (κ2) is 11.1. The van der Waals surface area contributed by atoms with Gasteiger partial charge in [-0.3, -0.25) is 9.88 Å². The van der Waals surface area contributed by atoms with Crippen LogP contribution in [0.1, 0.15) is 18.4 Å². The van der Waals surface area contributed by atoms with E-state index in [0.717, 1.165) is 53.7 Å². The Morgan fingerprint density at radius 3 is 2.45 bits per heavy atom. The van der Waals surface area contributed by atoms with Crippen molar-refractivity contribution in [2.75, 3.05) is 45.9 Å². The van der Waals surface area contributed by atoms with Crippen LogP contribution >= 0.6 is 0 Å². The number of ether oxygens (including phenoxy) is 3. The number of aromatic nitrogens is 1. The summed E-state index contributed by atoms with van der Waals surface area (Å²) in [6.45, 7) is 2.37. The monoisotopic (exact) mass is 518 g/mol. The minimum atomic E-state index is -1.21. The highest BCUT2D eigenvalue weighted by Gasteiger charge is 2.38. The fraction of sp³-hybridized carbons (Fsp3) is 0.379. The van der Waals surface area contributed by atoms with Crippen molar-refractivity contribution >= 4 is 28.2 Å². The van der Waals surface area contributed by atoms with Crippen molar-refractivity contribution in [3.8, 4) is 5.75 Å². The highest BCUT2D eigenvalue weighted by atomic mass is 16.7. The smallest absolute Gasteiger partial charge is 0.429 e. The number of carbonyl (C=O) groups excluding carboxylic acids is 1. The first kappa shape index (κ1) is 26.1. The van der Waals surface area contributed by atoms with Crippen LogP contribution in [0.4, 0.5) is 16.2 Å². The van der Waals surface area contributed by atoms with Gasteiger partial charge < -0.3 is 24.3 Å². The molecule has 1 atom stereocenters. The van der Waals surface area contributed by atoms with Crippen LogP contribution in [-0.4, -0.2) is 63.2 Å². The first-order chi connectivity index (χ1) is 18.5. The summed E-state index contributed by atoms with van der Waals surface area (Å²) in [6, 6.07) is 12.9. The van der Waals surface area contributed by atoms with Crippen LogP contribution in [0.2, 0.25) is 0 Å². The topological polar surface area (TPSA) is 87.2 Å². The van der Waals surface area contributed by atoms with Crippen LogP contribution in [0.25, 0.3) is 10.8 Å². The van der Waals surface area contributed by atoms with E-state index in [4.69, 9.17) is 14.2 Å². The fourth-order valence-electron chi connectivity index (χ4n) is 5.54. The summed E-state index contributed by atoms with van der Waals surface area (Å²) in [4.78, 5) is 21.9. The minimum absolute atomic E-state index is 0.208. The summed E-state index contributed by atoms with van der Waals surface area (Å²) in [6.07, 6.45) is 8.14. The molecule has 2 aromatic carbocycles. The Morgan fingerprint density at radius 1 is 1.03 bits per heavy atom. The average Bonchev–Trinajstić information content (AvgIpc) is 2.96. The Kier molecular flexibility index (Phi) is 7.62. The van der Waals surface area contributed by atoms with Gasteiger partial charge in [-0.1, -0.05) is 18.2 Å². The molecular weight excluding hydrogens is 484 g/mol. The maximum Gasteiger partial charge on any atom is 0.429 e. The van der Waals surface area contributed by atoms with Crippen molar-refractivity contribution in [2.24, 2.45) is 5.92 Å². The van der Waals surface area contributed by atoms with Gasteiger partial charge in [-0.25, -0.2) is 9.44 Å². The molecule has 3 aromatic rings. The summed E-state index contributed by atoms with van der Waals surface area (Å²) in [7, 11) is 4.96. The first-order valence-corrected chi connectivity index (χ1v) is 12.9. The number of benzene rings is 2. The lowest BCUT2D eigenvalue weighted by atomic mass is 9.95. The lowest BCUT2D eigenvalue weighted by Gasteiger charge is -2.41. The van der Waals surface area contributed by atoms with Gasteiger partial charge in [-0.2, -0.15) is 0 Å². The summed E-state index contributed by atoms with van der Waals surface area (Å²) in [5.74, 6) is 1.07. The van der Waals surface area contributed by atoms with Gasteiger partial charge in [-0.05, 0) is 48.7 Å². The number of methoxy groups -OCH3 is 3. The Morgan fingerprint density at radius 2 is 1.76 bits per heavy atom. The van der Waals surface area contributed by atoms with Gasteiger partial charge in [0, 0.05) is 55.9 Å². The molecule has 38 heavy (non-hydrogen) atoms. The molecule has 0 radical (unpaired) electrons. The Labute approximate surface area is 223 Å². The van der Waals surface area contributed by atoms with Crippen molar-refractivity contribution in [2.45, 2.75) is 25.7 Å². The molecule has 2 aliphatic heterocycles. The number of pyridine rings is 1. The van der Waals surface area contributed by atoms with E-state index < -0.39 is 10.7 Å². The van der Waals surface area contributed by atoms with E-state index in [-0.39, 0.29) is 6.29 Å². The van der Waals surface area contributed by atoms with Gasteiger partial charge in [0.15, 0.2) is 12.0 Å². The number of fused-ring (bicyclic) bond motifs is 1. The number of quaternary nitrogens is 1. The molecule has 0 bridgehead atoms. The zero-order valence-corrected chi connectivity index (χ0v) is 22.1. The van der Waals surface area contributed by atoms with E-state index >= 15 is 0 Å². The minimum Gasteiger partial charge on any atom is -0.613 e. The molecule has 2 aliphatic rings. The maximum absolute atomic E-state index is 14.2. The first-order valence-electron chi connectivity index (χ1n) is 12.9. The molecule has 0 aliphatic carbocycles. The second-order valence-electron chi connectivity index (χ2n) is 9.75. The van der Waals surface area contributed by atoms with Crippen LogP contribution < -0.4 is 14.3 Å². The van der Waals surface area contributed by atoms with Gasteiger partial charge in [0.1, 0.15) is 11.9 Å². The predicted octanol–water partition coefficient (Wildman–Crippen LogP) is 5.03. The summed E-state index contributed by atoms with van der Waals surface area (Å²) < 4.78 is 15.0. The Bertz CT molecular complexity index is 1300. The highest BCUT2D eigenvalue weighted by molar-refractivity contribution is 6.05. The van der Waals surface area contributed by atoms with Crippen LogP contribution in [0.5, 0.6) is 5.75 Å². The van der Waals surface area contributed by atoms with Crippen LogP contribution in [0, 0.1) is 11.1 Å². The van der Waals surface area contributed by atoms with Gasteiger partial charge in [0.05, 0.1) is 26.4 Å². The van der Waals surface area contributed by atoms with Crippen LogP contribution in [0.3, 0.4) is 0 Å². The number of nitrogens with zero attached hydrogens (tertiary/aromatic N) is 4. The molecule has 0 N–H and O–H groups in total. The Balaban J connectivity index is 1.42. The molecule has 3 heterocycles. The zero-order valence-electron chi connectivity index (χ0n) is 22.1. The molecule has 0 saturated carbocycles. The molecule has 2 amide bonds. The fourth-order valence-corrected chi connectivity index (χ4v) is 5.54. The molecule has 9 heteroatoms. The van der Waals surface area contributed by atoms with Crippen LogP contribution in [-0.2, 0) is 16.0 Å². The van der Waals surface area contributed by atoms with Crippen molar-refractivity contribution in [3.05, 3.63) is 77.9 Å². The molecule has 1 fully saturated rings. The van der Waals surface area contributed by atoms with E-state index in [0.29, 0.717) is 24.7 Å². The Hall–Kier alpha value is -3.50. The number of urea groups is 1. The average molecular weight is 519 g/mol. The molecule has 1 aromatic heterocycles. The van der Waals surface area contributed by atoms with E-state index in [1.165, 1.54) is 12.4 Å². The maximum atomic E-state index is 14.2. The number of carbonyl (C=O) groups is 1. The van der Waals surface area contributed by atoms with E-state index in [2.05, 4.69) is 16.0 Å². The standard InChI is InChI=1S/C29H34N4O5/c1-36-23-10-8-21(9-11-23)20-32-14-5-17-33(35,29(32)34)27-19-30-18-25-24(27)6-4-7-26(25)31-15-12-22(13-16-31)28(37-2)38-3/h4-11,17-19,22,28H,12-16,20H2,1-3H3. The number of anilines is 1. The largest absolute Gasteiger partial charge is 0.613 e. The van der Waals surface area contributed by atoms with Gasteiger partial charge in [-0.15, -0.1) is 0 Å². The number of amides is 2. The molecule has 200 valence electrons. The quantitative estimate of drug-likeness (QED) is 0.235. The number of piperidine rings is 1. The van der Waals surface area contributed by atoms with Crippen LogP contribution in [0.15, 0.2) is 67.1 Å². The van der Waals surface area contributed by atoms with Crippen molar-refractivity contribution < 1.29 is 19.0 Å². The molecule has 0 spiro atoms. The lowest BCUT2D eigenvalue weighted by Crippen LogP contribution is -2.54. The highest BCUT2D eigenvalue weighted by Crippen LogP contribution is 2.39. The van der Waals surface area contributed by atoms with Crippen molar-refractivity contribution in [3.63, 3.8) is 0 Å². The van der Waals surface area contributed by atoms with Gasteiger partial charge >= 0.3 is 6.03 Å². The second-order valence-corrected chi connectivity index (χ2v) is 9.75. The third-order valence-corrected chi connectivity index (χ3v) is 7.58. The van der Waals surface area contributed by atoms with Crippen molar-refractivity contribution in [1.29, 1.82) is 0 Å². The van der Waals surface area contributed by atoms with Crippen molar-refractivity contribution in [1.82, 2.24) is 14.5 Å². The molecule has 1 unspecified atom stereocenters. The third kappa shape index (κ3) is 4.86. The summed E-state index contributed by atoms with van der Waals surface area (Å²) >= 11 is 0. The van der Waals surface area contributed by atoms with Gasteiger partial charge in [0.25, 0.3) is 0 Å². The summed E-state index contributed by atoms with van der Waals surface area (Å²) in [5, 5.41) is 15.8. The number of hydrogen-bond acceptors (Lipinski definition) is 7. The zero-order chi connectivity index (χ0) is 26.7. The normalized spacial score (nSPS) is 20.5. The van der Waals surface area contributed by atoms with E-state index in [1.54, 1.807) is 38.5 Å².